The Labute approximate surface area is 273 Å². The molecule has 8 N–H and O–H groups in total. The normalized spacial score (nSPS) is 18.2. The molecule has 1 aliphatic rings. The highest BCUT2D eigenvalue weighted by molar-refractivity contribution is 5.97. The van der Waals surface area contributed by atoms with Gasteiger partial charge in [0.15, 0.2) is 0 Å². The van der Waals surface area contributed by atoms with Gasteiger partial charge in [-0.05, 0) is 30.4 Å². The number of rotatable bonds is 16. The van der Waals surface area contributed by atoms with Crippen LogP contribution >= 0.6 is 0 Å². The molecular formula is C33H44N6O8. The van der Waals surface area contributed by atoms with Crippen LogP contribution in [0.25, 0.3) is 0 Å². The fraction of sp³-hybridized carbons (Fsp3) is 0.455. The SMILES string of the molecule is CC(C)[C@H](NC(=O)[C@H](CC(N)=O)NC(=O)[C@@H]1C[C@@H](O)CN1)C(=O)N[C@@H](Cc1ccccc1)C(=O)N[C@@H](C)C(=O)OCc1ccccc1. The van der Waals surface area contributed by atoms with Crippen LogP contribution in [-0.2, 0) is 46.5 Å². The van der Waals surface area contributed by atoms with E-state index in [2.05, 4.69) is 26.6 Å². The highest BCUT2D eigenvalue weighted by Crippen LogP contribution is 2.10. The number of benzene rings is 2. The molecule has 14 nitrogen and oxygen atoms in total. The number of nitrogens with one attached hydrogen (secondary N) is 5. The van der Waals surface area contributed by atoms with Gasteiger partial charge in [-0.15, -0.1) is 0 Å². The van der Waals surface area contributed by atoms with Crippen LogP contribution < -0.4 is 32.3 Å². The van der Waals surface area contributed by atoms with E-state index < -0.39 is 84.2 Å². The summed E-state index contributed by atoms with van der Waals surface area (Å²) in [6.45, 7) is 5.04. The summed E-state index contributed by atoms with van der Waals surface area (Å²) >= 11 is 0. The maximum Gasteiger partial charge on any atom is 0.328 e. The molecule has 47 heavy (non-hydrogen) atoms. The van der Waals surface area contributed by atoms with Crippen molar-refractivity contribution >= 4 is 35.5 Å². The molecule has 6 atom stereocenters. The number of β-amino-alcohol motifs (C(OH)–C–C–N with tert-alkyl or cyclic N) is 1. The van der Waals surface area contributed by atoms with Crippen LogP contribution in [0.2, 0.25) is 0 Å². The van der Waals surface area contributed by atoms with Gasteiger partial charge in [-0.2, -0.15) is 0 Å². The summed E-state index contributed by atoms with van der Waals surface area (Å²) in [7, 11) is 0. The van der Waals surface area contributed by atoms with Gasteiger partial charge < -0.3 is 42.2 Å². The van der Waals surface area contributed by atoms with E-state index in [1.165, 1.54) is 6.92 Å². The van der Waals surface area contributed by atoms with E-state index in [0.717, 1.165) is 11.1 Å². The predicted octanol–water partition coefficient (Wildman–Crippen LogP) is -0.814. The molecule has 2 aromatic rings. The third kappa shape index (κ3) is 11.8. The quantitative estimate of drug-likeness (QED) is 0.113. The van der Waals surface area contributed by atoms with Gasteiger partial charge in [0.25, 0.3) is 0 Å². The van der Waals surface area contributed by atoms with Gasteiger partial charge in [0.05, 0.1) is 18.6 Å². The minimum atomic E-state index is -1.39. The van der Waals surface area contributed by atoms with Gasteiger partial charge in [-0.25, -0.2) is 4.79 Å². The number of primary amides is 1. The first-order valence-corrected chi connectivity index (χ1v) is 15.5. The molecule has 0 bridgehead atoms. The van der Waals surface area contributed by atoms with Crippen LogP contribution in [0.4, 0.5) is 0 Å². The van der Waals surface area contributed by atoms with E-state index in [1.807, 2.05) is 18.2 Å². The number of hydrogen-bond donors (Lipinski definition) is 7. The van der Waals surface area contributed by atoms with Gasteiger partial charge >= 0.3 is 5.97 Å². The molecule has 0 unspecified atom stereocenters. The zero-order valence-corrected chi connectivity index (χ0v) is 26.7. The Balaban J connectivity index is 1.70. The fourth-order valence-corrected chi connectivity index (χ4v) is 4.94. The summed E-state index contributed by atoms with van der Waals surface area (Å²) in [6, 6.07) is 12.5. The Morgan fingerprint density at radius 3 is 1.98 bits per heavy atom. The van der Waals surface area contributed by atoms with Gasteiger partial charge in [0.2, 0.25) is 29.5 Å². The van der Waals surface area contributed by atoms with Crippen molar-refractivity contribution in [3.63, 3.8) is 0 Å². The van der Waals surface area contributed by atoms with Gasteiger partial charge in [-0.3, -0.25) is 24.0 Å². The molecule has 2 aromatic carbocycles. The lowest BCUT2D eigenvalue weighted by Gasteiger charge is -2.28. The number of esters is 1. The highest BCUT2D eigenvalue weighted by atomic mass is 16.5. The van der Waals surface area contributed by atoms with Gasteiger partial charge in [0.1, 0.15) is 30.8 Å². The van der Waals surface area contributed by atoms with Crippen LogP contribution in [0.5, 0.6) is 0 Å². The molecule has 254 valence electrons. The second kappa shape index (κ2) is 17.8. The predicted molar refractivity (Wildman–Crippen MR) is 171 cm³/mol. The number of carbonyl (C=O) groups excluding carboxylic acids is 6. The third-order valence-corrected chi connectivity index (χ3v) is 7.56. The number of amides is 5. The summed E-state index contributed by atoms with van der Waals surface area (Å²) in [5, 5.41) is 22.9. The van der Waals surface area contributed by atoms with E-state index in [9.17, 15) is 33.9 Å². The standard InChI is InChI=1S/C33H44N6O8/c1-19(2)28(39-31(44)26(16-27(34)41)37-29(42)24-15-23(40)17-35-24)32(45)38-25(14-21-10-6-4-7-11-21)30(43)36-20(3)33(46)47-18-22-12-8-5-9-13-22/h4-13,19-20,23-26,28,35,40H,14-18H2,1-3H3,(H2,34,41)(H,36,43)(H,37,42)(H,38,45)(H,39,44)/t20-,23+,24-,25-,26-,28-/m0/s1. The Bertz CT molecular complexity index is 1390. The summed E-state index contributed by atoms with van der Waals surface area (Å²) < 4.78 is 5.33. The molecule has 0 spiro atoms. The van der Waals surface area contributed by atoms with Crippen LogP contribution in [0, 0.1) is 5.92 Å². The maximum atomic E-state index is 13.6. The maximum absolute atomic E-state index is 13.6. The average molecular weight is 653 g/mol. The van der Waals surface area contributed by atoms with Crippen molar-refractivity contribution in [2.45, 2.75) is 83.0 Å². The van der Waals surface area contributed by atoms with E-state index in [1.54, 1.807) is 56.3 Å². The van der Waals surface area contributed by atoms with Crippen molar-refractivity contribution in [3.8, 4) is 0 Å². The van der Waals surface area contributed by atoms with Crippen molar-refractivity contribution < 1.29 is 38.6 Å². The Kier molecular flexibility index (Phi) is 13.8. The first-order valence-electron chi connectivity index (χ1n) is 15.5. The minimum absolute atomic E-state index is 0.0240. The van der Waals surface area contributed by atoms with E-state index in [-0.39, 0.29) is 26.0 Å². The van der Waals surface area contributed by atoms with Crippen LogP contribution in [0.15, 0.2) is 60.7 Å². The topological polar surface area (TPSA) is 218 Å². The zero-order chi connectivity index (χ0) is 34.5. The summed E-state index contributed by atoms with van der Waals surface area (Å²) in [4.78, 5) is 77.4. The summed E-state index contributed by atoms with van der Waals surface area (Å²) in [6.07, 6.45) is -1.06. The lowest BCUT2D eigenvalue weighted by Crippen LogP contribution is -2.60. The average Bonchev–Trinajstić information content (AvgIpc) is 3.48. The third-order valence-electron chi connectivity index (χ3n) is 7.56. The largest absolute Gasteiger partial charge is 0.459 e. The molecule has 0 radical (unpaired) electrons. The van der Waals surface area contributed by atoms with Crippen LogP contribution in [-0.4, -0.2) is 83.5 Å². The minimum Gasteiger partial charge on any atom is -0.459 e. The van der Waals surface area contributed by atoms with Gasteiger partial charge in [-0.1, -0.05) is 74.5 Å². The first kappa shape index (κ1) is 36.6. The van der Waals surface area contributed by atoms with E-state index in [4.69, 9.17) is 10.5 Å². The Morgan fingerprint density at radius 2 is 1.43 bits per heavy atom. The zero-order valence-electron chi connectivity index (χ0n) is 26.7. The molecule has 0 aromatic heterocycles. The fourth-order valence-electron chi connectivity index (χ4n) is 4.94. The first-order chi connectivity index (χ1) is 22.3. The van der Waals surface area contributed by atoms with Crippen LogP contribution in [0.3, 0.4) is 0 Å². The molecule has 5 amide bonds. The number of carbonyl (C=O) groups is 6. The molecule has 0 saturated carbocycles. The number of aliphatic hydroxyl groups is 1. The molecular weight excluding hydrogens is 608 g/mol. The monoisotopic (exact) mass is 652 g/mol. The number of hydrogen-bond acceptors (Lipinski definition) is 9. The van der Waals surface area contributed by atoms with Crippen LogP contribution in [0.1, 0.15) is 44.7 Å². The van der Waals surface area contributed by atoms with Crippen molar-refractivity contribution in [2.75, 3.05) is 6.54 Å². The lowest BCUT2D eigenvalue weighted by molar-refractivity contribution is -0.148. The second-order valence-corrected chi connectivity index (χ2v) is 11.9. The molecule has 1 heterocycles. The lowest BCUT2D eigenvalue weighted by atomic mass is 10.00. The molecule has 1 fully saturated rings. The molecule has 14 heteroatoms. The Hall–Kier alpha value is -4.82. The van der Waals surface area contributed by atoms with Crippen molar-refractivity contribution in [3.05, 3.63) is 71.8 Å². The molecule has 1 saturated heterocycles. The van der Waals surface area contributed by atoms with Crippen molar-refractivity contribution in [2.24, 2.45) is 11.7 Å². The van der Waals surface area contributed by atoms with Gasteiger partial charge in [0, 0.05) is 13.0 Å². The number of nitrogens with two attached hydrogens (primary N) is 1. The number of ether oxygens (including phenoxy) is 1. The molecule has 1 aliphatic heterocycles. The smallest absolute Gasteiger partial charge is 0.328 e. The molecule has 3 rings (SSSR count). The van der Waals surface area contributed by atoms with E-state index >= 15 is 0 Å². The highest BCUT2D eigenvalue weighted by Gasteiger charge is 2.35. The molecule has 0 aliphatic carbocycles. The van der Waals surface area contributed by atoms with Crippen molar-refractivity contribution in [1.29, 1.82) is 0 Å². The second-order valence-electron chi connectivity index (χ2n) is 11.9. The summed E-state index contributed by atoms with van der Waals surface area (Å²) in [5.41, 5.74) is 6.84. The van der Waals surface area contributed by atoms with E-state index in [0.29, 0.717) is 0 Å². The summed E-state index contributed by atoms with van der Waals surface area (Å²) in [5.74, 6) is -4.79. The van der Waals surface area contributed by atoms with Crippen molar-refractivity contribution in [1.82, 2.24) is 26.6 Å². The Morgan fingerprint density at radius 1 is 0.830 bits per heavy atom. The number of aliphatic hydroxyl groups excluding tert-OH is 1.